The third-order valence-electron chi connectivity index (χ3n) is 4.59. The van der Waals surface area contributed by atoms with Crippen LogP contribution in [-0.2, 0) is 11.2 Å². The molecule has 3 rings (SSSR count). The summed E-state index contributed by atoms with van der Waals surface area (Å²) < 4.78 is 5.93. The number of nitrogens with one attached hydrogen (secondary N) is 1. The first-order valence-corrected chi connectivity index (χ1v) is 9.57. The fourth-order valence-electron chi connectivity index (χ4n) is 2.99. The molecule has 1 N–H and O–H groups in total. The van der Waals surface area contributed by atoms with Crippen LogP contribution >= 0.6 is 0 Å². The van der Waals surface area contributed by atoms with Crippen molar-refractivity contribution in [1.82, 2.24) is 4.98 Å². The van der Waals surface area contributed by atoms with E-state index in [0.29, 0.717) is 5.92 Å². The Morgan fingerprint density at radius 1 is 0.929 bits per heavy atom. The standard InChI is InChI=1S/C24H26N2O2/c1-17(2)22-6-4-5-7-23(22)28-18(3)24(27)26-21-10-8-19(9-11-21)16-20-12-14-25-15-13-20/h4-15,17-18H,16H2,1-3H3,(H,26,27)/t18-/m0/s1. The highest BCUT2D eigenvalue weighted by molar-refractivity contribution is 5.94. The average Bonchev–Trinajstić information content (AvgIpc) is 2.70. The van der Waals surface area contributed by atoms with Crippen molar-refractivity contribution in [3.63, 3.8) is 0 Å². The van der Waals surface area contributed by atoms with Gasteiger partial charge < -0.3 is 10.1 Å². The van der Waals surface area contributed by atoms with E-state index >= 15 is 0 Å². The predicted molar refractivity (Wildman–Crippen MR) is 113 cm³/mol. The fourth-order valence-corrected chi connectivity index (χ4v) is 2.99. The second-order valence-corrected chi connectivity index (χ2v) is 7.17. The summed E-state index contributed by atoms with van der Waals surface area (Å²) in [7, 11) is 0. The Balaban J connectivity index is 1.60. The highest BCUT2D eigenvalue weighted by atomic mass is 16.5. The lowest BCUT2D eigenvalue weighted by molar-refractivity contribution is -0.122. The van der Waals surface area contributed by atoms with E-state index in [1.54, 1.807) is 19.3 Å². The number of ether oxygens (including phenoxy) is 1. The van der Waals surface area contributed by atoms with E-state index in [1.165, 1.54) is 11.1 Å². The maximum atomic E-state index is 12.5. The molecule has 0 saturated carbocycles. The number of hydrogen-bond donors (Lipinski definition) is 1. The van der Waals surface area contributed by atoms with E-state index in [4.69, 9.17) is 4.74 Å². The van der Waals surface area contributed by atoms with Crippen LogP contribution in [0.25, 0.3) is 0 Å². The predicted octanol–water partition coefficient (Wildman–Crippen LogP) is 5.20. The number of carbonyl (C=O) groups is 1. The van der Waals surface area contributed by atoms with Crippen LogP contribution in [-0.4, -0.2) is 17.0 Å². The molecule has 0 aliphatic heterocycles. The van der Waals surface area contributed by atoms with Crippen LogP contribution in [0.2, 0.25) is 0 Å². The van der Waals surface area contributed by atoms with Gasteiger partial charge in [0.15, 0.2) is 6.10 Å². The zero-order chi connectivity index (χ0) is 19.9. The zero-order valence-corrected chi connectivity index (χ0v) is 16.6. The number of benzene rings is 2. The van der Waals surface area contributed by atoms with Crippen molar-refractivity contribution in [2.75, 3.05) is 5.32 Å². The molecule has 0 bridgehead atoms. The van der Waals surface area contributed by atoms with Crippen molar-refractivity contribution in [3.05, 3.63) is 89.7 Å². The molecule has 1 aromatic heterocycles. The van der Waals surface area contributed by atoms with Crippen LogP contribution in [0.4, 0.5) is 5.69 Å². The molecule has 28 heavy (non-hydrogen) atoms. The minimum absolute atomic E-state index is 0.166. The van der Waals surface area contributed by atoms with Gasteiger partial charge in [0.05, 0.1) is 0 Å². The second-order valence-electron chi connectivity index (χ2n) is 7.17. The molecule has 0 saturated heterocycles. The zero-order valence-electron chi connectivity index (χ0n) is 16.6. The van der Waals surface area contributed by atoms with Gasteiger partial charge in [-0.1, -0.05) is 44.2 Å². The first-order valence-electron chi connectivity index (χ1n) is 9.57. The minimum Gasteiger partial charge on any atom is -0.481 e. The maximum Gasteiger partial charge on any atom is 0.265 e. The van der Waals surface area contributed by atoms with Gasteiger partial charge >= 0.3 is 0 Å². The third kappa shape index (κ3) is 5.19. The first-order chi connectivity index (χ1) is 13.5. The molecule has 144 valence electrons. The smallest absolute Gasteiger partial charge is 0.265 e. The van der Waals surface area contributed by atoms with Crippen molar-refractivity contribution in [2.24, 2.45) is 0 Å². The Kier molecular flexibility index (Phi) is 6.43. The van der Waals surface area contributed by atoms with E-state index in [-0.39, 0.29) is 5.91 Å². The second kappa shape index (κ2) is 9.18. The number of rotatable bonds is 7. The van der Waals surface area contributed by atoms with E-state index in [2.05, 4.69) is 24.1 Å². The number of nitrogens with zero attached hydrogens (tertiary/aromatic N) is 1. The van der Waals surface area contributed by atoms with Gasteiger partial charge in [0, 0.05) is 18.1 Å². The van der Waals surface area contributed by atoms with Gasteiger partial charge in [-0.05, 0) is 66.3 Å². The first kappa shape index (κ1) is 19.6. The Morgan fingerprint density at radius 2 is 1.57 bits per heavy atom. The molecule has 1 amide bonds. The summed E-state index contributed by atoms with van der Waals surface area (Å²) >= 11 is 0. The molecule has 0 unspecified atom stereocenters. The SMILES string of the molecule is CC(C)c1ccccc1O[C@@H](C)C(=O)Nc1ccc(Cc2ccncc2)cc1. The van der Waals surface area contributed by atoms with Gasteiger partial charge in [0.1, 0.15) is 5.75 Å². The molecular weight excluding hydrogens is 348 g/mol. The lowest BCUT2D eigenvalue weighted by atomic mass is 10.0. The molecule has 0 fully saturated rings. The molecule has 1 atom stereocenters. The van der Waals surface area contributed by atoms with Crippen molar-refractivity contribution in [2.45, 2.75) is 39.2 Å². The summed E-state index contributed by atoms with van der Waals surface area (Å²) in [6.45, 7) is 5.99. The van der Waals surface area contributed by atoms with E-state index < -0.39 is 6.10 Å². The highest BCUT2D eigenvalue weighted by Crippen LogP contribution is 2.27. The maximum absolute atomic E-state index is 12.5. The van der Waals surface area contributed by atoms with Crippen LogP contribution in [0, 0.1) is 0 Å². The van der Waals surface area contributed by atoms with E-state index in [9.17, 15) is 4.79 Å². The van der Waals surface area contributed by atoms with Crippen molar-refractivity contribution in [3.8, 4) is 5.75 Å². The molecule has 0 spiro atoms. The molecule has 0 aliphatic carbocycles. The van der Waals surface area contributed by atoms with Crippen molar-refractivity contribution >= 4 is 11.6 Å². The Hall–Kier alpha value is -3.14. The monoisotopic (exact) mass is 374 g/mol. The summed E-state index contributed by atoms with van der Waals surface area (Å²) in [6, 6.07) is 19.7. The lowest BCUT2D eigenvalue weighted by Gasteiger charge is -2.18. The van der Waals surface area contributed by atoms with Crippen LogP contribution < -0.4 is 10.1 Å². The normalized spacial score (nSPS) is 11.9. The van der Waals surface area contributed by atoms with Gasteiger partial charge in [-0.15, -0.1) is 0 Å². The number of aromatic nitrogens is 1. The summed E-state index contributed by atoms with van der Waals surface area (Å²) in [5.41, 5.74) is 4.25. The highest BCUT2D eigenvalue weighted by Gasteiger charge is 2.17. The molecule has 3 aromatic rings. The Labute approximate surface area is 166 Å². The molecule has 0 radical (unpaired) electrons. The quantitative estimate of drug-likeness (QED) is 0.618. The van der Waals surface area contributed by atoms with Gasteiger partial charge in [-0.3, -0.25) is 9.78 Å². The van der Waals surface area contributed by atoms with Crippen molar-refractivity contribution in [1.29, 1.82) is 0 Å². The van der Waals surface area contributed by atoms with Gasteiger partial charge in [0.25, 0.3) is 5.91 Å². The number of amides is 1. The number of anilines is 1. The number of pyridine rings is 1. The lowest BCUT2D eigenvalue weighted by Crippen LogP contribution is -2.30. The van der Waals surface area contributed by atoms with Crippen LogP contribution in [0.1, 0.15) is 43.4 Å². The summed E-state index contributed by atoms with van der Waals surface area (Å²) in [5.74, 6) is 0.924. The molecule has 4 heteroatoms. The minimum atomic E-state index is -0.587. The van der Waals surface area contributed by atoms with Crippen molar-refractivity contribution < 1.29 is 9.53 Å². The largest absolute Gasteiger partial charge is 0.481 e. The Morgan fingerprint density at radius 3 is 2.25 bits per heavy atom. The van der Waals surface area contributed by atoms with Gasteiger partial charge in [-0.25, -0.2) is 0 Å². The molecular formula is C24H26N2O2. The number of para-hydroxylation sites is 1. The van der Waals surface area contributed by atoms with Gasteiger partial charge in [0.2, 0.25) is 0 Å². The van der Waals surface area contributed by atoms with Crippen LogP contribution in [0.5, 0.6) is 5.75 Å². The topological polar surface area (TPSA) is 51.2 Å². The Bertz CT molecular complexity index is 905. The number of hydrogen-bond acceptors (Lipinski definition) is 3. The van der Waals surface area contributed by atoms with Crippen LogP contribution in [0.3, 0.4) is 0 Å². The van der Waals surface area contributed by atoms with E-state index in [1.807, 2.05) is 60.7 Å². The summed E-state index contributed by atoms with van der Waals surface area (Å²) in [6.07, 6.45) is 3.84. The molecule has 1 heterocycles. The molecule has 2 aromatic carbocycles. The van der Waals surface area contributed by atoms with Crippen LogP contribution in [0.15, 0.2) is 73.1 Å². The summed E-state index contributed by atoms with van der Waals surface area (Å²) in [5, 5.41) is 2.93. The van der Waals surface area contributed by atoms with Gasteiger partial charge in [-0.2, -0.15) is 0 Å². The average molecular weight is 374 g/mol. The number of carbonyl (C=O) groups excluding carboxylic acids is 1. The third-order valence-corrected chi connectivity index (χ3v) is 4.59. The molecule has 4 nitrogen and oxygen atoms in total. The molecule has 0 aliphatic rings. The fraction of sp³-hybridized carbons (Fsp3) is 0.250. The van der Waals surface area contributed by atoms with E-state index in [0.717, 1.165) is 23.4 Å². The summed E-state index contributed by atoms with van der Waals surface area (Å²) in [4.78, 5) is 16.6.